The summed E-state index contributed by atoms with van der Waals surface area (Å²) in [6.07, 6.45) is 1.55. The maximum absolute atomic E-state index is 8.92. The molecule has 0 aliphatic heterocycles. The smallest absolute Gasteiger partial charge is 0.231 e. The molecule has 2 heterocycles. The molecule has 0 fully saturated rings. The van der Waals surface area contributed by atoms with Crippen LogP contribution in [0.1, 0.15) is 0 Å². The summed E-state index contributed by atoms with van der Waals surface area (Å²) >= 11 is 5.95. The Morgan fingerprint density at radius 1 is 1.29 bits per heavy atom. The van der Waals surface area contributed by atoms with E-state index in [4.69, 9.17) is 16.7 Å². The lowest BCUT2D eigenvalue weighted by atomic mass is 10.3. The fourth-order valence-corrected chi connectivity index (χ4v) is 2.08. The van der Waals surface area contributed by atoms with Crippen LogP contribution in [-0.2, 0) is 0 Å². The van der Waals surface area contributed by atoms with Crippen molar-refractivity contribution in [3.8, 4) is 0 Å². The number of hydrogen-bond acceptors (Lipinski definition) is 6. The summed E-state index contributed by atoms with van der Waals surface area (Å²) < 4.78 is 0. The number of rotatable bonds is 5. The molecule has 3 aromatic rings. The SMILES string of the molecule is OCCNc1nc(Nc2cccc(Cl)c2)nc2nc[nH]c12. The number of imidazole rings is 1. The van der Waals surface area contributed by atoms with E-state index in [2.05, 4.69) is 30.6 Å². The van der Waals surface area contributed by atoms with Gasteiger partial charge in [0.15, 0.2) is 11.5 Å². The molecule has 0 unspecified atom stereocenters. The molecular weight excluding hydrogens is 292 g/mol. The Bertz CT molecular complexity index is 759. The molecule has 108 valence electrons. The lowest BCUT2D eigenvalue weighted by molar-refractivity contribution is 0.311. The summed E-state index contributed by atoms with van der Waals surface area (Å²) in [4.78, 5) is 15.8. The van der Waals surface area contributed by atoms with Gasteiger partial charge < -0.3 is 20.7 Å². The molecule has 0 aliphatic rings. The Morgan fingerprint density at radius 3 is 3.00 bits per heavy atom. The molecule has 0 aliphatic carbocycles. The Balaban J connectivity index is 1.94. The van der Waals surface area contributed by atoms with E-state index in [1.165, 1.54) is 0 Å². The highest BCUT2D eigenvalue weighted by atomic mass is 35.5. The number of anilines is 3. The molecule has 7 nitrogen and oxygen atoms in total. The Hall–Kier alpha value is -2.38. The number of benzene rings is 1. The van der Waals surface area contributed by atoms with Gasteiger partial charge in [0.1, 0.15) is 5.52 Å². The molecule has 0 saturated heterocycles. The quantitative estimate of drug-likeness (QED) is 0.576. The minimum absolute atomic E-state index is 0.0106. The number of halogens is 1. The van der Waals surface area contributed by atoms with Crippen molar-refractivity contribution in [2.24, 2.45) is 0 Å². The predicted octanol–water partition coefficient (Wildman–Crippen LogP) is 2.15. The second-order valence-corrected chi connectivity index (χ2v) is 4.72. The van der Waals surface area contributed by atoms with Crippen molar-refractivity contribution in [1.82, 2.24) is 19.9 Å². The first kappa shape index (κ1) is 13.6. The minimum atomic E-state index is 0.0106. The summed E-state index contributed by atoms with van der Waals surface area (Å²) in [6.45, 7) is 0.401. The number of aromatic nitrogens is 4. The van der Waals surface area contributed by atoms with E-state index in [0.717, 1.165) is 5.69 Å². The predicted molar refractivity (Wildman–Crippen MR) is 82.0 cm³/mol. The van der Waals surface area contributed by atoms with Crippen LogP contribution in [-0.4, -0.2) is 38.2 Å². The molecule has 0 bridgehead atoms. The molecule has 3 rings (SSSR count). The normalized spacial score (nSPS) is 10.8. The number of hydrogen-bond donors (Lipinski definition) is 4. The number of nitrogens with one attached hydrogen (secondary N) is 3. The zero-order chi connectivity index (χ0) is 14.7. The first-order chi connectivity index (χ1) is 10.3. The highest BCUT2D eigenvalue weighted by Crippen LogP contribution is 2.22. The van der Waals surface area contributed by atoms with E-state index >= 15 is 0 Å². The van der Waals surface area contributed by atoms with Crippen LogP contribution in [0.25, 0.3) is 11.2 Å². The zero-order valence-electron chi connectivity index (χ0n) is 11.0. The molecule has 1 aromatic carbocycles. The second-order valence-electron chi connectivity index (χ2n) is 4.28. The van der Waals surface area contributed by atoms with Gasteiger partial charge in [0, 0.05) is 17.3 Å². The summed E-state index contributed by atoms with van der Waals surface area (Å²) in [7, 11) is 0. The third-order valence-corrected chi connectivity index (χ3v) is 3.01. The van der Waals surface area contributed by atoms with Crippen molar-refractivity contribution < 1.29 is 5.11 Å². The molecule has 8 heteroatoms. The third-order valence-electron chi connectivity index (χ3n) is 2.77. The van der Waals surface area contributed by atoms with Crippen LogP contribution < -0.4 is 10.6 Å². The van der Waals surface area contributed by atoms with E-state index in [9.17, 15) is 0 Å². The molecule has 0 saturated carbocycles. The zero-order valence-corrected chi connectivity index (χ0v) is 11.7. The molecule has 21 heavy (non-hydrogen) atoms. The van der Waals surface area contributed by atoms with E-state index in [1.54, 1.807) is 18.5 Å². The van der Waals surface area contributed by atoms with Crippen LogP contribution in [0.2, 0.25) is 5.02 Å². The van der Waals surface area contributed by atoms with Crippen LogP contribution >= 0.6 is 11.6 Å². The van der Waals surface area contributed by atoms with Gasteiger partial charge in [-0.3, -0.25) is 0 Å². The largest absolute Gasteiger partial charge is 0.395 e. The molecule has 2 aromatic heterocycles. The number of aliphatic hydroxyl groups excluding tert-OH is 1. The number of aliphatic hydroxyl groups is 1. The number of aromatic amines is 1. The Morgan fingerprint density at radius 2 is 2.19 bits per heavy atom. The molecule has 0 radical (unpaired) electrons. The monoisotopic (exact) mass is 304 g/mol. The van der Waals surface area contributed by atoms with Crippen molar-refractivity contribution >= 4 is 40.2 Å². The molecule has 0 atom stereocenters. The van der Waals surface area contributed by atoms with Crippen LogP contribution in [0.5, 0.6) is 0 Å². The van der Waals surface area contributed by atoms with E-state index in [0.29, 0.717) is 34.5 Å². The number of nitrogens with zero attached hydrogens (tertiary/aromatic N) is 3. The van der Waals surface area contributed by atoms with Crippen molar-refractivity contribution in [3.63, 3.8) is 0 Å². The average Bonchev–Trinajstić information content (AvgIpc) is 2.93. The van der Waals surface area contributed by atoms with Gasteiger partial charge in [0.2, 0.25) is 5.95 Å². The lowest BCUT2D eigenvalue weighted by Crippen LogP contribution is -2.09. The first-order valence-electron chi connectivity index (χ1n) is 6.35. The third kappa shape index (κ3) is 3.04. The molecule has 0 spiro atoms. The van der Waals surface area contributed by atoms with Crippen LogP contribution in [0, 0.1) is 0 Å². The van der Waals surface area contributed by atoms with Gasteiger partial charge in [-0.25, -0.2) is 4.98 Å². The fraction of sp³-hybridized carbons (Fsp3) is 0.154. The van der Waals surface area contributed by atoms with Gasteiger partial charge in [-0.2, -0.15) is 9.97 Å². The van der Waals surface area contributed by atoms with Gasteiger partial charge >= 0.3 is 0 Å². The van der Waals surface area contributed by atoms with E-state index in [-0.39, 0.29) is 6.61 Å². The summed E-state index contributed by atoms with van der Waals surface area (Å²) in [5.74, 6) is 0.980. The standard InChI is InChI=1S/C13H13ClN6O/c14-8-2-1-3-9(6-8)18-13-19-11(15-4-5-21)10-12(20-13)17-7-16-10/h1-3,6-7,21H,4-5H2,(H3,15,16,17,18,19,20). The highest BCUT2D eigenvalue weighted by molar-refractivity contribution is 6.30. The Kier molecular flexibility index (Phi) is 3.85. The molecule has 0 amide bonds. The summed E-state index contributed by atoms with van der Waals surface area (Å²) in [6, 6.07) is 7.27. The molecule has 4 N–H and O–H groups in total. The van der Waals surface area contributed by atoms with Crippen molar-refractivity contribution in [3.05, 3.63) is 35.6 Å². The minimum Gasteiger partial charge on any atom is -0.395 e. The van der Waals surface area contributed by atoms with Crippen molar-refractivity contribution in [1.29, 1.82) is 0 Å². The van der Waals surface area contributed by atoms with Crippen LogP contribution in [0.15, 0.2) is 30.6 Å². The maximum atomic E-state index is 8.92. The second kappa shape index (κ2) is 5.94. The Labute approximate surface area is 125 Å². The van der Waals surface area contributed by atoms with Crippen LogP contribution in [0.3, 0.4) is 0 Å². The van der Waals surface area contributed by atoms with Gasteiger partial charge in [0.25, 0.3) is 0 Å². The van der Waals surface area contributed by atoms with Gasteiger partial charge in [-0.15, -0.1) is 0 Å². The first-order valence-corrected chi connectivity index (χ1v) is 6.72. The molecular formula is C13H13ClN6O. The summed E-state index contributed by atoms with van der Waals surface area (Å²) in [5.41, 5.74) is 2.01. The van der Waals surface area contributed by atoms with Crippen molar-refractivity contribution in [2.75, 3.05) is 23.8 Å². The fourth-order valence-electron chi connectivity index (χ4n) is 1.89. The average molecular weight is 305 g/mol. The van der Waals surface area contributed by atoms with Gasteiger partial charge in [0.05, 0.1) is 12.9 Å². The highest BCUT2D eigenvalue weighted by Gasteiger charge is 2.09. The van der Waals surface area contributed by atoms with Crippen LogP contribution in [0.4, 0.5) is 17.5 Å². The topological polar surface area (TPSA) is 98.8 Å². The number of H-pyrrole nitrogens is 1. The van der Waals surface area contributed by atoms with Gasteiger partial charge in [-0.1, -0.05) is 17.7 Å². The maximum Gasteiger partial charge on any atom is 0.231 e. The van der Waals surface area contributed by atoms with Crippen molar-refractivity contribution in [2.45, 2.75) is 0 Å². The van der Waals surface area contributed by atoms with E-state index < -0.39 is 0 Å². The number of fused-ring (bicyclic) bond motifs is 1. The van der Waals surface area contributed by atoms with E-state index in [1.807, 2.05) is 12.1 Å². The lowest BCUT2D eigenvalue weighted by Gasteiger charge is -2.09. The van der Waals surface area contributed by atoms with Gasteiger partial charge in [-0.05, 0) is 18.2 Å². The summed E-state index contributed by atoms with van der Waals surface area (Å²) in [5, 5.41) is 15.7.